The zero-order valence-electron chi connectivity index (χ0n) is 26.3. The first-order valence-electron chi connectivity index (χ1n) is 15.5. The Hall–Kier alpha value is -2.22. The first-order valence-corrected chi connectivity index (χ1v) is 22.2. The van der Waals surface area contributed by atoms with Gasteiger partial charge in [0.1, 0.15) is 23.2 Å². The van der Waals surface area contributed by atoms with Crippen molar-refractivity contribution in [2.45, 2.75) is 6.16 Å². The van der Waals surface area contributed by atoms with Crippen LogP contribution in [0.25, 0.3) is 24.3 Å². The van der Waals surface area contributed by atoms with E-state index >= 15 is 0 Å². The zero-order chi connectivity index (χ0) is 35.3. The normalized spacial score (nSPS) is 11.8. The van der Waals surface area contributed by atoms with Crippen LogP contribution >= 0.6 is 103 Å². The van der Waals surface area contributed by atoms with E-state index in [2.05, 4.69) is 223 Å². The first-order chi connectivity index (χ1) is 24.2. The van der Waals surface area contributed by atoms with Crippen molar-refractivity contribution in [3.8, 4) is 0 Å². The van der Waals surface area contributed by atoms with Gasteiger partial charge in [-0.2, -0.15) is 0 Å². The molecule has 0 saturated carbocycles. The van der Waals surface area contributed by atoms with Crippen molar-refractivity contribution in [2.24, 2.45) is 0 Å². The average Bonchev–Trinajstić information content (AvgIpc) is 3.14. The molecule has 0 unspecified atom stereocenters. The van der Waals surface area contributed by atoms with E-state index in [1.165, 1.54) is 21.5 Å². The molecule has 0 aromatic heterocycles. The monoisotopic (exact) mass is 1050 g/mol. The molecule has 6 aromatic carbocycles. The Morgan fingerprint density at radius 3 is 1.06 bits per heavy atom. The molecule has 1 nitrogen and oxygen atoms in total. The molecule has 0 spiro atoms. The maximum absolute atomic E-state index is 11.3. The molecule has 0 heterocycles. The minimum Gasteiger partial charge on any atom is -0.298 e. The van der Waals surface area contributed by atoms with Crippen molar-refractivity contribution in [1.82, 2.24) is 0 Å². The predicted octanol–water partition coefficient (Wildman–Crippen LogP) is 13.9. The third kappa shape index (κ3) is 8.36. The van der Waals surface area contributed by atoms with Crippen molar-refractivity contribution < 1.29 is 4.79 Å². The lowest BCUT2D eigenvalue weighted by Crippen LogP contribution is -2.32. The number of hydrogen-bond donors (Lipinski definition) is 0. The van der Waals surface area contributed by atoms with Crippen LogP contribution in [0.15, 0.2) is 154 Å². The molecule has 6 rings (SSSR count). The van der Waals surface area contributed by atoms with Gasteiger partial charge in [0.05, 0.1) is 6.16 Å². The number of halogens is 6. The average molecular weight is 1060 g/mol. The summed E-state index contributed by atoms with van der Waals surface area (Å²) in [6.07, 6.45) is 10.0. The zero-order valence-corrected chi connectivity index (χ0v) is 36.8. The minimum atomic E-state index is -2.06. The lowest BCUT2D eigenvalue weighted by Gasteiger charge is -2.28. The van der Waals surface area contributed by atoms with E-state index in [1.54, 1.807) is 0 Å². The summed E-state index contributed by atoms with van der Waals surface area (Å²) >= 11 is 22.5. The summed E-state index contributed by atoms with van der Waals surface area (Å²) in [6, 6.07) is 45.3. The van der Waals surface area contributed by atoms with Crippen LogP contribution in [-0.4, -0.2) is 6.29 Å². The number of benzene rings is 6. The van der Waals surface area contributed by atoms with Crippen LogP contribution in [0.3, 0.4) is 0 Å². The molecule has 0 atom stereocenters. The molecule has 0 amide bonds. The molecule has 0 bridgehead atoms. The summed E-state index contributed by atoms with van der Waals surface area (Å²) < 4.78 is 5.66. The molecule has 0 N–H and O–H groups in total. The Morgan fingerprint density at radius 1 is 0.400 bits per heavy atom. The summed E-state index contributed by atoms with van der Waals surface area (Å²) in [5, 5.41) is 4.07. The summed E-state index contributed by atoms with van der Waals surface area (Å²) in [4.78, 5) is 11.3. The van der Waals surface area contributed by atoms with Gasteiger partial charge in [0.25, 0.3) is 0 Å². The van der Waals surface area contributed by atoms with Crippen LogP contribution in [0.5, 0.6) is 0 Å². The van der Waals surface area contributed by atoms with Gasteiger partial charge in [-0.25, -0.2) is 0 Å². The fourth-order valence-electron chi connectivity index (χ4n) is 5.86. The van der Waals surface area contributed by atoms with E-state index in [1.807, 2.05) is 24.3 Å². The number of carbonyl (C=O) groups excluding carboxylic acids is 1. The van der Waals surface area contributed by atoms with Gasteiger partial charge in [-0.15, -0.1) is 0 Å². The van der Waals surface area contributed by atoms with E-state index in [0.717, 1.165) is 61.5 Å². The Bertz CT molecular complexity index is 2120. The largest absolute Gasteiger partial charge is 0.298 e. The van der Waals surface area contributed by atoms with Gasteiger partial charge in [-0.05, 0) is 95.1 Å². The van der Waals surface area contributed by atoms with Crippen LogP contribution in [0.2, 0.25) is 0 Å². The second-order valence-corrected chi connectivity index (χ2v) is 20.1. The van der Waals surface area contributed by atoms with Gasteiger partial charge in [0.15, 0.2) is 6.29 Å². The van der Waals surface area contributed by atoms with Gasteiger partial charge < -0.3 is 0 Å². The van der Waals surface area contributed by atoms with E-state index in [9.17, 15) is 4.79 Å². The van der Waals surface area contributed by atoms with Crippen molar-refractivity contribution in [1.29, 1.82) is 0 Å². The van der Waals surface area contributed by atoms with Gasteiger partial charge in [0.2, 0.25) is 0 Å². The molecule has 0 aliphatic heterocycles. The van der Waals surface area contributed by atoms with Gasteiger partial charge >= 0.3 is 0 Å². The van der Waals surface area contributed by atoms with Crippen LogP contribution < -0.4 is 15.9 Å². The highest BCUT2D eigenvalue weighted by Gasteiger charge is 2.45. The lowest BCUT2D eigenvalue weighted by atomic mass is 10.1. The van der Waals surface area contributed by atoms with Crippen molar-refractivity contribution in [3.63, 3.8) is 0 Å². The molecule has 0 aliphatic rings. The van der Waals surface area contributed by atoms with Crippen molar-refractivity contribution >= 4 is 149 Å². The second kappa shape index (κ2) is 17.1. The summed E-state index contributed by atoms with van der Waals surface area (Å²) in [5.41, 5.74) is 5.95. The second-order valence-electron chi connectivity index (χ2n) is 11.5. The Labute approximate surface area is 344 Å². The summed E-state index contributed by atoms with van der Waals surface area (Å²) in [6.45, 7) is 0. The fraction of sp³-hybridized carbons (Fsp3) is 0.0238. The third-order valence-electron chi connectivity index (χ3n) is 8.41. The molecule has 0 saturated heterocycles. The van der Waals surface area contributed by atoms with E-state index in [-0.39, 0.29) is 0 Å². The molecule has 8 heteroatoms. The Morgan fingerprint density at radius 2 is 0.700 bits per heavy atom. The predicted molar refractivity (Wildman–Crippen MR) is 238 cm³/mol. The maximum atomic E-state index is 11.3. The van der Waals surface area contributed by atoms with Crippen LogP contribution in [0.4, 0.5) is 0 Å². The number of rotatable bonds is 10. The van der Waals surface area contributed by atoms with Crippen LogP contribution in [-0.2, 0) is 6.16 Å². The maximum Gasteiger partial charge on any atom is 0.151 e. The van der Waals surface area contributed by atoms with Gasteiger partial charge in [0, 0.05) is 38.0 Å². The smallest absolute Gasteiger partial charge is 0.151 e. The summed E-state index contributed by atoms with van der Waals surface area (Å²) in [7, 11) is -2.06. The standard InChI is InChI=1S/C42H28Br6OP/c43-37-21-29(38(44)20-28(37)16-18-30-22-41(47)32(26-49)24-39(30)45)17-19-31-23-42(48)33(25-40(31)46)27-50(34-10-4-1-5-11-34,35-12-6-2-7-13-35)36-14-8-3-9-15-36/h1-26H,27H2/q+1/b18-16-,19-17-. The van der Waals surface area contributed by atoms with Crippen LogP contribution in [0.1, 0.15) is 38.2 Å². The van der Waals surface area contributed by atoms with Gasteiger partial charge in [-0.1, -0.05) is 174 Å². The molecule has 50 heavy (non-hydrogen) atoms. The highest BCUT2D eigenvalue weighted by Crippen LogP contribution is 2.59. The number of aldehydes is 1. The molecule has 0 radical (unpaired) electrons. The molecule has 248 valence electrons. The number of carbonyl (C=O) groups is 1. The molecular formula is C42H28Br6OP+. The topological polar surface area (TPSA) is 17.1 Å². The minimum absolute atomic E-state index is 0.601. The highest BCUT2D eigenvalue weighted by molar-refractivity contribution is 9.11. The van der Waals surface area contributed by atoms with Gasteiger partial charge in [-0.3, -0.25) is 4.79 Å². The highest BCUT2D eigenvalue weighted by atomic mass is 79.9. The third-order valence-corrected chi connectivity index (χ3v) is 16.9. The van der Waals surface area contributed by atoms with Crippen molar-refractivity contribution in [2.75, 3.05) is 0 Å². The van der Waals surface area contributed by atoms with E-state index in [4.69, 9.17) is 0 Å². The lowest BCUT2D eigenvalue weighted by molar-refractivity contribution is 0.112. The van der Waals surface area contributed by atoms with E-state index < -0.39 is 7.26 Å². The van der Waals surface area contributed by atoms with Crippen LogP contribution in [0, 0.1) is 0 Å². The number of hydrogen-bond acceptors (Lipinski definition) is 1. The molecule has 0 aliphatic carbocycles. The summed E-state index contributed by atoms with van der Waals surface area (Å²) in [5.74, 6) is 0. The first kappa shape index (κ1) is 37.5. The van der Waals surface area contributed by atoms with E-state index in [0.29, 0.717) is 5.56 Å². The Balaban J connectivity index is 1.32. The van der Waals surface area contributed by atoms with Crippen molar-refractivity contribution in [3.05, 3.63) is 188 Å². The Kier molecular flexibility index (Phi) is 12.8. The molecular weight excluding hydrogens is 1030 g/mol. The molecule has 6 aromatic rings. The SMILES string of the molecule is O=Cc1cc(Br)c(/C=C\c2cc(Br)c(/C=C\c3cc(Br)c(C[P+](c4ccccc4)(c4ccccc4)c4ccccc4)cc3Br)cc2Br)cc1Br. The quantitative estimate of drug-likeness (QED) is 0.0759. The fourth-order valence-corrected chi connectivity index (χ4v) is 13.3. The molecule has 0 fully saturated rings.